The van der Waals surface area contributed by atoms with Crippen LogP contribution in [0.4, 0.5) is 4.79 Å². The molecule has 2 saturated carbocycles. The van der Waals surface area contributed by atoms with Gasteiger partial charge in [-0.2, -0.15) is 4.31 Å². The molecule has 0 unspecified atom stereocenters. The third kappa shape index (κ3) is 19.2. The summed E-state index contributed by atoms with van der Waals surface area (Å²) in [4.78, 5) is 136. The van der Waals surface area contributed by atoms with Crippen LogP contribution in [0.25, 0.3) is 0 Å². The number of carbonyl (C=O) groups is 10. The topological polar surface area (TPSA) is 346 Å². The van der Waals surface area contributed by atoms with Gasteiger partial charge < -0.3 is 52.5 Å². The Bertz CT molecular complexity index is 2790. The highest BCUT2D eigenvalue weighted by molar-refractivity contribution is 7.89. The number of hydrogen-bond donors (Lipinski definition) is 8. The molecular formula is C64H101N11O13S. The number of fused-ring (bicyclic) bond motifs is 6. The maximum Gasteiger partial charge on any atom is 0.315 e. The lowest BCUT2D eigenvalue weighted by Crippen LogP contribution is -2.60. The number of carbonyl (C=O) groups excluding carboxylic acids is 9. The lowest BCUT2D eigenvalue weighted by atomic mass is 9.86. The second-order valence-electron chi connectivity index (χ2n) is 27.0. The Morgan fingerprint density at radius 3 is 1.55 bits per heavy atom. The van der Waals surface area contributed by atoms with Gasteiger partial charge in [0.15, 0.2) is 5.03 Å². The normalized spacial score (nSPS) is 27.8. The largest absolute Gasteiger partial charge is 0.483 e. The number of likely N-dealkylation sites (N-methyl/N-ethyl adjacent to an activating group) is 1. The number of pyridine rings is 1. The number of nitrogens with one attached hydrogen (secondary N) is 6. The lowest BCUT2D eigenvalue weighted by Gasteiger charge is -2.36. The van der Waals surface area contributed by atoms with E-state index in [-0.39, 0.29) is 83.4 Å². The Kier molecular flexibility index (Phi) is 27.1. The SMILES string of the molecule is C=CCNC(=O)C(=O)[C@@H]1CCCCCCCCC[C@H](N)C(=O)N2C[C@H]3[C@@H]([C@H]2C(=O)N1)C3(C)C.C=CCNC(=O)C(=O)[C@@H]1CCCCCCCCC[C@H](NC(=O)N[C@H](CN(C)S(=O)(=O)c2ccccn2)C(C)(C)C)C(=O)N2C[C@H]3[C@@H]([C@H]2C(=O)N1)C3(C)C.O=CO. The van der Waals surface area contributed by atoms with Crippen molar-refractivity contribution in [1.29, 1.82) is 0 Å². The van der Waals surface area contributed by atoms with Gasteiger partial charge in [0.05, 0.1) is 18.1 Å². The van der Waals surface area contributed by atoms with Crippen molar-refractivity contribution in [3.05, 3.63) is 49.7 Å². The number of hydrogen-bond acceptors (Lipinski definition) is 14. The highest BCUT2D eigenvalue weighted by atomic mass is 32.2. The predicted molar refractivity (Wildman–Crippen MR) is 335 cm³/mol. The number of nitrogens with two attached hydrogens (primary N) is 1. The van der Waals surface area contributed by atoms with Crippen molar-refractivity contribution in [2.45, 2.75) is 211 Å². The molecule has 89 heavy (non-hydrogen) atoms. The molecule has 496 valence electrons. The van der Waals surface area contributed by atoms with Gasteiger partial charge >= 0.3 is 6.03 Å². The van der Waals surface area contributed by atoms with E-state index in [2.05, 4.69) is 77.7 Å². The maximum absolute atomic E-state index is 14.4. The molecule has 9 N–H and O–H groups in total. The number of amides is 8. The predicted octanol–water partition coefficient (Wildman–Crippen LogP) is 4.53. The average Bonchev–Trinajstić information content (AvgIpc) is 1.54. The summed E-state index contributed by atoms with van der Waals surface area (Å²) in [6.07, 6.45) is 18.8. The van der Waals surface area contributed by atoms with Crippen LogP contribution in [-0.4, -0.2) is 174 Å². The number of sulfonamides is 1. The zero-order valence-corrected chi connectivity index (χ0v) is 54.5. The van der Waals surface area contributed by atoms with E-state index < -0.39 is 93.1 Å². The number of nitrogens with zero attached hydrogens (tertiary/aromatic N) is 4. The van der Waals surface area contributed by atoms with Crippen molar-refractivity contribution < 1.29 is 61.5 Å². The summed E-state index contributed by atoms with van der Waals surface area (Å²) in [5, 5.41) is 23.3. The van der Waals surface area contributed by atoms with Crippen LogP contribution in [0.3, 0.4) is 0 Å². The van der Waals surface area contributed by atoms with Crippen LogP contribution in [0.15, 0.2) is 54.7 Å². The van der Waals surface area contributed by atoms with E-state index in [1.54, 1.807) is 21.9 Å². The summed E-state index contributed by atoms with van der Waals surface area (Å²) in [6, 6.07) is -1.66. The van der Waals surface area contributed by atoms with Crippen molar-refractivity contribution in [1.82, 2.24) is 51.0 Å². The summed E-state index contributed by atoms with van der Waals surface area (Å²) in [6.45, 7) is 22.0. The molecule has 0 spiro atoms. The Balaban J connectivity index is 0.000000342. The van der Waals surface area contributed by atoms with Crippen molar-refractivity contribution >= 4 is 69.5 Å². The fourth-order valence-corrected chi connectivity index (χ4v) is 14.5. The first kappa shape index (κ1) is 73.1. The fraction of sp³-hybridized carbons (Fsp3) is 0.703. The van der Waals surface area contributed by atoms with E-state index in [9.17, 15) is 51.6 Å². The second kappa shape index (κ2) is 32.9. The number of carboxylic acid groups (broad SMARTS) is 1. The minimum Gasteiger partial charge on any atom is -0.483 e. The molecule has 1 aromatic heterocycles. The maximum atomic E-state index is 14.4. The number of urea groups is 1. The van der Waals surface area contributed by atoms with Crippen LogP contribution in [0.2, 0.25) is 0 Å². The number of ketones is 2. The molecule has 0 aromatic carbocycles. The number of Topliss-reactive ketones (excluding diaryl/α,β-unsaturated/α-hetero) is 2. The summed E-state index contributed by atoms with van der Waals surface area (Å²) in [7, 11) is -2.50. The van der Waals surface area contributed by atoms with Gasteiger partial charge in [0.25, 0.3) is 28.3 Å². The molecule has 6 fully saturated rings. The fourth-order valence-electron chi connectivity index (χ4n) is 13.4. The molecule has 0 radical (unpaired) electrons. The van der Waals surface area contributed by atoms with Gasteiger partial charge in [-0.25, -0.2) is 18.2 Å². The van der Waals surface area contributed by atoms with Crippen LogP contribution in [0.1, 0.15) is 164 Å². The van der Waals surface area contributed by atoms with Gasteiger partial charge in [-0.15, -0.1) is 13.2 Å². The van der Waals surface area contributed by atoms with Crippen molar-refractivity contribution in [3.63, 3.8) is 0 Å². The monoisotopic (exact) mass is 1260 g/mol. The highest BCUT2D eigenvalue weighted by Crippen LogP contribution is 2.66. The smallest absolute Gasteiger partial charge is 0.315 e. The van der Waals surface area contributed by atoms with Crippen molar-refractivity contribution in [2.75, 3.05) is 39.8 Å². The molecule has 4 saturated heterocycles. The van der Waals surface area contributed by atoms with E-state index >= 15 is 0 Å². The van der Waals surface area contributed by atoms with Crippen LogP contribution < -0.4 is 37.6 Å². The number of rotatable bonds is 14. The minimum absolute atomic E-state index is 0.0371. The first-order valence-electron chi connectivity index (χ1n) is 31.9. The summed E-state index contributed by atoms with van der Waals surface area (Å²) in [5.74, 6) is -4.09. The molecule has 4 aliphatic heterocycles. The summed E-state index contributed by atoms with van der Waals surface area (Å²) >= 11 is 0. The molecule has 5 heterocycles. The zero-order valence-electron chi connectivity index (χ0n) is 53.7. The van der Waals surface area contributed by atoms with Crippen LogP contribution in [-0.2, 0) is 53.2 Å². The molecule has 2 aliphatic carbocycles. The molecule has 6 aliphatic rings. The number of aromatic nitrogens is 1. The summed E-state index contributed by atoms with van der Waals surface area (Å²) in [5.41, 5.74) is 5.42. The zero-order chi connectivity index (χ0) is 66.0. The van der Waals surface area contributed by atoms with Gasteiger partial charge in [-0.1, -0.05) is 157 Å². The minimum atomic E-state index is -3.94. The third-order valence-corrected chi connectivity index (χ3v) is 20.8. The first-order valence-corrected chi connectivity index (χ1v) is 33.3. The molecule has 24 nitrogen and oxygen atoms in total. The van der Waals surface area contributed by atoms with Crippen molar-refractivity contribution in [2.24, 2.45) is 45.7 Å². The van der Waals surface area contributed by atoms with E-state index in [4.69, 9.17) is 15.6 Å². The Morgan fingerprint density at radius 1 is 0.719 bits per heavy atom. The van der Waals surface area contributed by atoms with Gasteiger partial charge in [0, 0.05) is 52.0 Å². The average molecular weight is 1260 g/mol. The van der Waals surface area contributed by atoms with E-state index in [1.165, 1.54) is 31.5 Å². The third-order valence-electron chi connectivity index (χ3n) is 19.1. The van der Waals surface area contributed by atoms with Crippen LogP contribution >= 0.6 is 0 Å². The molecular weight excluding hydrogens is 1160 g/mol. The molecule has 25 heteroatoms. The first-order chi connectivity index (χ1) is 42.0. The highest BCUT2D eigenvalue weighted by Gasteiger charge is 2.71. The quantitative estimate of drug-likeness (QED) is 0.0721. The standard InChI is InChI=1S/C38H59N7O7S.C25H40N4O4.CH2O2/c1-8-21-40-34(48)32(46)26-18-14-12-10-9-11-13-15-19-27(35(49)45-23-25-30(38(25,5)6)31(45)33(47)41-26)42-36(50)43-28(37(2,3)4)24-44(7)53(51,52)29-20-16-17-22-39-29;1-4-14-27-23(32)21(30)18-13-11-9-7-5-6-8-10-12-17(26)24(33)29-15-16-19(25(16,2)3)20(29)22(31)28-18;2-1-3/h8,16-17,20,22,25-28,30-31H,1,9-15,18-19,21,23-24H2,2-7H3,(H,40,48)(H,41,47)(H2,42,43,50);4,16-20H,1,5-15,26H2,2-3H3,(H,27,32)(H,28,31);1H,(H,2,3)/t25-,26-,27-,28+,30-,31-;16-,17-,18-,19-,20-;/m00./s1. The molecule has 0 bridgehead atoms. The molecule has 11 atom stereocenters. The van der Waals surface area contributed by atoms with Gasteiger partial charge in [-0.3, -0.25) is 43.2 Å². The Morgan fingerprint density at radius 2 is 1.13 bits per heavy atom. The second-order valence-corrected chi connectivity index (χ2v) is 29.0. The molecule has 8 amide bonds. The van der Waals surface area contributed by atoms with E-state index in [0.717, 1.165) is 81.4 Å². The van der Waals surface area contributed by atoms with E-state index in [0.29, 0.717) is 51.6 Å². The van der Waals surface area contributed by atoms with Crippen molar-refractivity contribution in [3.8, 4) is 0 Å². The van der Waals surface area contributed by atoms with Crippen LogP contribution in [0, 0.1) is 39.9 Å². The number of piperidine rings is 2. The molecule has 1 aromatic rings. The van der Waals surface area contributed by atoms with E-state index in [1.807, 2.05) is 20.8 Å². The Labute approximate surface area is 526 Å². The van der Waals surface area contributed by atoms with Crippen LogP contribution in [0.5, 0.6) is 0 Å². The van der Waals surface area contributed by atoms with Gasteiger partial charge in [0.1, 0.15) is 18.1 Å². The van der Waals surface area contributed by atoms with Gasteiger partial charge in [0.2, 0.25) is 35.2 Å². The molecule has 7 rings (SSSR count). The van der Waals surface area contributed by atoms with Gasteiger partial charge in [-0.05, 0) is 77.7 Å². The lowest BCUT2D eigenvalue weighted by molar-refractivity contribution is -0.144. The summed E-state index contributed by atoms with van der Waals surface area (Å²) < 4.78 is 27.7. The Hall–Kier alpha value is -6.60.